The first-order valence-electron chi connectivity index (χ1n) is 6.77. The highest BCUT2D eigenvalue weighted by atomic mass is 79.9. The van der Waals surface area contributed by atoms with Crippen LogP contribution in [0.5, 0.6) is 0 Å². The van der Waals surface area contributed by atoms with Gasteiger partial charge in [0.15, 0.2) is 0 Å². The van der Waals surface area contributed by atoms with Crippen molar-refractivity contribution in [3.63, 3.8) is 0 Å². The van der Waals surface area contributed by atoms with Crippen molar-refractivity contribution in [3.8, 4) is 0 Å². The van der Waals surface area contributed by atoms with Crippen LogP contribution in [0.3, 0.4) is 0 Å². The van der Waals surface area contributed by atoms with Crippen molar-refractivity contribution in [3.05, 3.63) is 57.8 Å². The number of rotatable bonds is 2. The Bertz CT molecular complexity index is 703. The van der Waals surface area contributed by atoms with E-state index in [1.165, 1.54) is 6.07 Å². The highest BCUT2D eigenvalue weighted by Crippen LogP contribution is 2.26. The fourth-order valence-corrected chi connectivity index (χ4v) is 2.84. The number of fused-ring (bicyclic) bond motifs is 1. The van der Waals surface area contributed by atoms with Crippen LogP contribution in [0.15, 0.2) is 40.9 Å². The van der Waals surface area contributed by atoms with Crippen molar-refractivity contribution in [2.24, 2.45) is 0 Å². The quantitative estimate of drug-likeness (QED) is 0.853. The Hall–Kier alpha value is -1.88. The molecule has 0 spiro atoms. The smallest absolute Gasteiger partial charge is 0.256 e. The van der Waals surface area contributed by atoms with E-state index >= 15 is 0 Å². The van der Waals surface area contributed by atoms with Crippen LogP contribution in [0.1, 0.15) is 22.3 Å². The third-order valence-corrected chi connectivity index (χ3v) is 4.01. The summed E-state index contributed by atoms with van der Waals surface area (Å²) in [7, 11) is 0. The molecule has 2 N–H and O–H groups in total. The van der Waals surface area contributed by atoms with Crippen molar-refractivity contribution < 1.29 is 9.18 Å². The van der Waals surface area contributed by atoms with Gasteiger partial charge in [-0.1, -0.05) is 22.0 Å². The van der Waals surface area contributed by atoms with Crippen LogP contribution in [0.2, 0.25) is 0 Å². The third kappa shape index (κ3) is 2.93. The van der Waals surface area contributed by atoms with Gasteiger partial charge in [-0.2, -0.15) is 0 Å². The van der Waals surface area contributed by atoms with E-state index in [0.717, 1.165) is 30.6 Å². The molecule has 0 fully saturated rings. The minimum absolute atomic E-state index is 0.185. The van der Waals surface area contributed by atoms with Gasteiger partial charge in [0.2, 0.25) is 0 Å². The van der Waals surface area contributed by atoms with E-state index in [-0.39, 0.29) is 11.6 Å². The zero-order chi connectivity index (χ0) is 14.8. The molecule has 0 saturated carbocycles. The second-order valence-electron chi connectivity index (χ2n) is 4.94. The first-order valence-corrected chi connectivity index (χ1v) is 7.56. The van der Waals surface area contributed by atoms with E-state index in [1.54, 1.807) is 18.2 Å². The zero-order valence-corrected chi connectivity index (χ0v) is 12.8. The molecule has 3 rings (SSSR count). The number of amides is 1. The first-order chi connectivity index (χ1) is 10.1. The standard InChI is InChI=1S/C16H14BrFN2O/c17-10-6-7-15(13(18)9-10)20-16(21)12-3-1-5-14-11(12)4-2-8-19-14/h1,3,5-7,9,19H,2,4,8H2,(H,20,21). The molecule has 1 amide bonds. The number of carbonyl (C=O) groups excluding carboxylic acids is 1. The SMILES string of the molecule is O=C(Nc1ccc(Br)cc1F)c1cccc2c1CCCN2. The van der Waals surface area contributed by atoms with Crippen molar-refractivity contribution in [2.45, 2.75) is 12.8 Å². The zero-order valence-electron chi connectivity index (χ0n) is 11.2. The highest BCUT2D eigenvalue weighted by Gasteiger charge is 2.18. The van der Waals surface area contributed by atoms with Crippen molar-refractivity contribution in [2.75, 3.05) is 17.2 Å². The van der Waals surface area contributed by atoms with Gasteiger partial charge < -0.3 is 10.6 Å². The summed E-state index contributed by atoms with van der Waals surface area (Å²) in [6.07, 6.45) is 1.85. The topological polar surface area (TPSA) is 41.1 Å². The van der Waals surface area contributed by atoms with E-state index in [4.69, 9.17) is 0 Å². The first kappa shape index (κ1) is 14.1. The van der Waals surface area contributed by atoms with Gasteiger partial charge in [-0.15, -0.1) is 0 Å². The average Bonchev–Trinajstić information content (AvgIpc) is 2.49. The molecule has 0 bridgehead atoms. The molecule has 2 aromatic rings. The lowest BCUT2D eigenvalue weighted by molar-refractivity contribution is 0.102. The van der Waals surface area contributed by atoms with Gasteiger partial charge in [-0.05, 0) is 48.7 Å². The summed E-state index contributed by atoms with van der Waals surface area (Å²) < 4.78 is 14.4. The Labute approximate surface area is 130 Å². The molecule has 0 aliphatic carbocycles. The molecule has 0 saturated heterocycles. The number of carbonyl (C=O) groups is 1. The third-order valence-electron chi connectivity index (χ3n) is 3.52. The molecule has 1 aliphatic heterocycles. The Kier molecular flexibility index (Phi) is 3.92. The van der Waals surface area contributed by atoms with Gasteiger partial charge in [0.25, 0.3) is 5.91 Å². The lowest BCUT2D eigenvalue weighted by Gasteiger charge is -2.20. The summed E-state index contributed by atoms with van der Waals surface area (Å²) in [6, 6.07) is 10.1. The maximum atomic E-state index is 13.8. The van der Waals surface area contributed by atoms with Crippen LogP contribution in [0.25, 0.3) is 0 Å². The molecule has 3 nitrogen and oxygen atoms in total. The predicted molar refractivity (Wildman–Crippen MR) is 85.3 cm³/mol. The number of halogens is 2. The fourth-order valence-electron chi connectivity index (χ4n) is 2.50. The molecule has 0 unspecified atom stereocenters. The molecule has 2 aromatic carbocycles. The van der Waals surface area contributed by atoms with E-state index < -0.39 is 5.82 Å². The number of hydrogen-bond acceptors (Lipinski definition) is 2. The van der Waals surface area contributed by atoms with Crippen LogP contribution in [-0.4, -0.2) is 12.5 Å². The maximum absolute atomic E-state index is 13.8. The van der Waals surface area contributed by atoms with Gasteiger partial charge >= 0.3 is 0 Å². The lowest BCUT2D eigenvalue weighted by Crippen LogP contribution is -2.19. The number of hydrogen-bond donors (Lipinski definition) is 2. The minimum atomic E-state index is -0.458. The van der Waals surface area contributed by atoms with E-state index in [2.05, 4.69) is 26.6 Å². The Morgan fingerprint density at radius 3 is 2.95 bits per heavy atom. The normalized spacial score (nSPS) is 13.2. The second kappa shape index (κ2) is 5.85. The molecule has 0 aromatic heterocycles. The number of anilines is 2. The minimum Gasteiger partial charge on any atom is -0.385 e. The average molecular weight is 349 g/mol. The van der Waals surface area contributed by atoms with Crippen LogP contribution in [0, 0.1) is 5.82 Å². The summed E-state index contributed by atoms with van der Waals surface area (Å²) in [5, 5.41) is 5.92. The van der Waals surface area contributed by atoms with Gasteiger partial charge in [-0.3, -0.25) is 4.79 Å². The van der Waals surface area contributed by atoms with Crippen LogP contribution in [-0.2, 0) is 6.42 Å². The second-order valence-corrected chi connectivity index (χ2v) is 5.86. The number of nitrogens with one attached hydrogen (secondary N) is 2. The van der Waals surface area contributed by atoms with Crippen LogP contribution < -0.4 is 10.6 Å². The molecule has 21 heavy (non-hydrogen) atoms. The van der Waals surface area contributed by atoms with E-state index in [1.807, 2.05) is 12.1 Å². The monoisotopic (exact) mass is 348 g/mol. The summed E-state index contributed by atoms with van der Waals surface area (Å²) >= 11 is 3.20. The van der Waals surface area contributed by atoms with E-state index in [9.17, 15) is 9.18 Å². The lowest BCUT2D eigenvalue weighted by atomic mass is 9.97. The highest BCUT2D eigenvalue weighted by molar-refractivity contribution is 9.10. The Morgan fingerprint density at radius 1 is 1.29 bits per heavy atom. The number of benzene rings is 2. The predicted octanol–water partition coefficient (Wildman–Crippen LogP) is 4.20. The van der Waals surface area contributed by atoms with E-state index in [0.29, 0.717) is 10.0 Å². The Morgan fingerprint density at radius 2 is 2.14 bits per heavy atom. The molecule has 0 radical (unpaired) electrons. The largest absolute Gasteiger partial charge is 0.385 e. The molecular formula is C16H14BrFN2O. The summed E-state index contributed by atoms with van der Waals surface area (Å²) in [5.41, 5.74) is 2.77. The van der Waals surface area contributed by atoms with Crippen molar-refractivity contribution in [1.82, 2.24) is 0 Å². The maximum Gasteiger partial charge on any atom is 0.256 e. The van der Waals surface area contributed by atoms with Gasteiger partial charge in [0, 0.05) is 22.3 Å². The van der Waals surface area contributed by atoms with Gasteiger partial charge in [0.1, 0.15) is 5.82 Å². The fraction of sp³-hybridized carbons (Fsp3) is 0.188. The molecule has 5 heteroatoms. The Balaban J connectivity index is 1.89. The van der Waals surface area contributed by atoms with Crippen LogP contribution in [0.4, 0.5) is 15.8 Å². The van der Waals surface area contributed by atoms with Gasteiger partial charge in [0.05, 0.1) is 5.69 Å². The van der Waals surface area contributed by atoms with Crippen LogP contribution >= 0.6 is 15.9 Å². The molecule has 108 valence electrons. The molecule has 0 atom stereocenters. The summed E-state index contributed by atoms with van der Waals surface area (Å²) in [4.78, 5) is 12.4. The molecule has 1 aliphatic rings. The van der Waals surface area contributed by atoms with Crippen molar-refractivity contribution >= 4 is 33.2 Å². The van der Waals surface area contributed by atoms with Crippen molar-refractivity contribution in [1.29, 1.82) is 0 Å². The van der Waals surface area contributed by atoms with Gasteiger partial charge in [-0.25, -0.2) is 4.39 Å². The molecule has 1 heterocycles. The summed E-state index contributed by atoms with van der Waals surface area (Å²) in [6.45, 7) is 0.916. The summed E-state index contributed by atoms with van der Waals surface area (Å²) in [5.74, 6) is -0.738. The molecular weight excluding hydrogens is 335 g/mol.